The number of hydrogen-bond acceptors (Lipinski definition) is 6. The van der Waals surface area contributed by atoms with Crippen LogP contribution in [0, 0.1) is 6.92 Å². The third-order valence-electron chi connectivity index (χ3n) is 4.81. The van der Waals surface area contributed by atoms with E-state index in [2.05, 4.69) is 32.2 Å². The van der Waals surface area contributed by atoms with E-state index in [1.165, 1.54) is 0 Å². The Morgan fingerprint density at radius 1 is 1.08 bits per heavy atom. The molecule has 0 amide bonds. The minimum atomic E-state index is 0.125. The standard InChI is InChI=1S/C20H19N5O/c1-12-19-17(24-20(21)23-12)10-13(11-18(19)25-26)14-6-2-3-7-15(14)16-8-4-5-9-22-16/h2-9,13,26H,10-11H2,1H3,(H2,21,23,24). The second-order valence-electron chi connectivity index (χ2n) is 6.44. The van der Waals surface area contributed by atoms with E-state index in [4.69, 9.17) is 5.73 Å². The summed E-state index contributed by atoms with van der Waals surface area (Å²) in [6, 6.07) is 14.1. The highest BCUT2D eigenvalue weighted by molar-refractivity contribution is 6.03. The lowest BCUT2D eigenvalue weighted by Crippen LogP contribution is -2.24. The van der Waals surface area contributed by atoms with Crippen LogP contribution >= 0.6 is 0 Å². The van der Waals surface area contributed by atoms with Gasteiger partial charge in [0, 0.05) is 23.7 Å². The van der Waals surface area contributed by atoms with Crippen molar-refractivity contribution in [2.45, 2.75) is 25.7 Å². The molecule has 3 aromatic rings. The summed E-state index contributed by atoms with van der Waals surface area (Å²) in [5.41, 5.74) is 12.0. The van der Waals surface area contributed by atoms with Crippen LogP contribution in [0.3, 0.4) is 0 Å². The monoisotopic (exact) mass is 345 g/mol. The van der Waals surface area contributed by atoms with Crippen LogP contribution in [0.2, 0.25) is 0 Å². The fraction of sp³-hybridized carbons (Fsp3) is 0.200. The number of nitrogens with two attached hydrogens (primary N) is 1. The van der Waals surface area contributed by atoms with Crippen molar-refractivity contribution in [3.8, 4) is 11.3 Å². The summed E-state index contributed by atoms with van der Waals surface area (Å²) >= 11 is 0. The van der Waals surface area contributed by atoms with Gasteiger partial charge in [-0.05, 0) is 37.0 Å². The molecule has 3 N–H and O–H groups in total. The molecule has 0 spiro atoms. The van der Waals surface area contributed by atoms with Gasteiger partial charge in [-0.3, -0.25) is 4.98 Å². The molecule has 1 aliphatic carbocycles. The molecule has 2 heterocycles. The summed E-state index contributed by atoms with van der Waals surface area (Å²) in [6.45, 7) is 1.87. The smallest absolute Gasteiger partial charge is 0.220 e. The van der Waals surface area contributed by atoms with Crippen LogP contribution in [0.4, 0.5) is 5.95 Å². The average molecular weight is 345 g/mol. The number of nitrogen functional groups attached to an aromatic ring is 1. The first kappa shape index (κ1) is 16.2. The molecule has 6 heteroatoms. The van der Waals surface area contributed by atoms with Gasteiger partial charge < -0.3 is 10.9 Å². The molecular formula is C20H19N5O. The van der Waals surface area contributed by atoms with E-state index in [0.717, 1.165) is 33.8 Å². The first-order valence-electron chi connectivity index (χ1n) is 8.52. The number of rotatable bonds is 2. The number of fused-ring (bicyclic) bond motifs is 1. The van der Waals surface area contributed by atoms with Gasteiger partial charge in [0.2, 0.25) is 5.95 Å². The number of aryl methyl sites for hydroxylation is 1. The predicted octanol–water partition coefficient (Wildman–Crippen LogP) is 3.34. The third kappa shape index (κ3) is 2.79. The van der Waals surface area contributed by atoms with Crippen molar-refractivity contribution in [2.24, 2.45) is 5.16 Å². The number of pyridine rings is 1. The van der Waals surface area contributed by atoms with E-state index in [0.29, 0.717) is 18.6 Å². The van der Waals surface area contributed by atoms with Gasteiger partial charge in [-0.1, -0.05) is 35.5 Å². The van der Waals surface area contributed by atoms with Gasteiger partial charge in [0.05, 0.1) is 22.8 Å². The van der Waals surface area contributed by atoms with Crippen molar-refractivity contribution in [3.05, 3.63) is 71.2 Å². The van der Waals surface area contributed by atoms with Crippen LogP contribution < -0.4 is 5.73 Å². The van der Waals surface area contributed by atoms with E-state index >= 15 is 0 Å². The van der Waals surface area contributed by atoms with E-state index in [-0.39, 0.29) is 11.9 Å². The highest BCUT2D eigenvalue weighted by Gasteiger charge is 2.30. The second-order valence-corrected chi connectivity index (χ2v) is 6.44. The highest BCUT2D eigenvalue weighted by Crippen LogP contribution is 2.37. The molecular weight excluding hydrogens is 326 g/mol. The maximum atomic E-state index is 9.57. The zero-order valence-corrected chi connectivity index (χ0v) is 14.4. The lowest BCUT2D eigenvalue weighted by atomic mass is 9.79. The molecule has 1 aliphatic rings. The molecule has 0 aliphatic heterocycles. The van der Waals surface area contributed by atoms with E-state index in [1.54, 1.807) is 6.20 Å². The van der Waals surface area contributed by atoms with Gasteiger partial charge in [-0.25, -0.2) is 9.97 Å². The number of aromatic nitrogens is 3. The SMILES string of the molecule is Cc1nc(N)nc2c1C(=NO)CC(c1ccccc1-c1ccccn1)C2. The molecule has 0 bridgehead atoms. The Bertz CT molecular complexity index is 985. The fourth-order valence-electron chi connectivity index (χ4n) is 3.74. The van der Waals surface area contributed by atoms with Crippen molar-refractivity contribution in [1.82, 2.24) is 15.0 Å². The second kappa shape index (κ2) is 6.55. The Morgan fingerprint density at radius 2 is 1.88 bits per heavy atom. The van der Waals surface area contributed by atoms with Crippen molar-refractivity contribution in [1.29, 1.82) is 0 Å². The van der Waals surface area contributed by atoms with E-state index in [1.807, 2.05) is 37.3 Å². The number of benzene rings is 1. The van der Waals surface area contributed by atoms with Crippen LogP contribution in [-0.4, -0.2) is 25.9 Å². The molecule has 130 valence electrons. The largest absolute Gasteiger partial charge is 0.411 e. The molecule has 0 fully saturated rings. The molecule has 6 nitrogen and oxygen atoms in total. The lowest BCUT2D eigenvalue weighted by molar-refractivity contribution is 0.316. The zero-order chi connectivity index (χ0) is 18.1. The predicted molar refractivity (Wildman–Crippen MR) is 100 cm³/mol. The van der Waals surface area contributed by atoms with Gasteiger partial charge in [0.25, 0.3) is 0 Å². The average Bonchev–Trinajstić information content (AvgIpc) is 2.67. The summed E-state index contributed by atoms with van der Waals surface area (Å²) in [4.78, 5) is 13.1. The van der Waals surface area contributed by atoms with Gasteiger partial charge in [0.15, 0.2) is 0 Å². The van der Waals surface area contributed by atoms with Gasteiger partial charge >= 0.3 is 0 Å². The Balaban J connectivity index is 1.82. The zero-order valence-electron chi connectivity index (χ0n) is 14.4. The Morgan fingerprint density at radius 3 is 2.65 bits per heavy atom. The fourth-order valence-corrected chi connectivity index (χ4v) is 3.74. The molecule has 1 aromatic carbocycles. The Hall–Kier alpha value is -3.28. The van der Waals surface area contributed by atoms with Crippen molar-refractivity contribution in [2.75, 3.05) is 5.73 Å². The Labute approximate surface area is 151 Å². The first-order chi connectivity index (χ1) is 12.7. The quantitative estimate of drug-likeness (QED) is 0.548. The summed E-state index contributed by atoms with van der Waals surface area (Å²) < 4.78 is 0. The van der Waals surface area contributed by atoms with Crippen LogP contribution in [0.1, 0.15) is 34.9 Å². The summed E-state index contributed by atoms with van der Waals surface area (Å²) in [6.07, 6.45) is 3.12. The third-order valence-corrected chi connectivity index (χ3v) is 4.81. The number of oxime groups is 1. The van der Waals surface area contributed by atoms with Gasteiger partial charge in [-0.2, -0.15) is 0 Å². The highest BCUT2D eigenvalue weighted by atomic mass is 16.4. The molecule has 1 atom stereocenters. The normalized spacial score (nSPS) is 17.9. The van der Waals surface area contributed by atoms with Crippen LogP contribution in [0.25, 0.3) is 11.3 Å². The summed E-state index contributed by atoms with van der Waals surface area (Å²) in [7, 11) is 0. The van der Waals surface area contributed by atoms with Crippen LogP contribution in [-0.2, 0) is 6.42 Å². The number of anilines is 1. The van der Waals surface area contributed by atoms with Crippen molar-refractivity contribution >= 4 is 11.7 Å². The Kier molecular flexibility index (Phi) is 4.08. The molecule has 2 aromatic heterocycles. The van der Waals surface area contributed by atoms with E-state index in [9.17, 15) is 5.21 Å². The molecule has 4 rings (SSSR count). The maximum Gasteiger partial charge on any atom is 0.220 e. The summed E-state index contributed by atoms with van der Waals surface area (Å²) in [5, 5.41) is 13.1. The molecule has 26 heavy (non-hydrogen) atoms. The number of hydrogen-bond donors (Lipinski definition) is 2. The van der Waals surface area contributed by atoms with E-state index < -0.39 is 0 Å². The molecule has 0 radical (unpaired) electrons. The van der Waals surface area contributed by atoms with Crippen LogP contribution in [0.15, 0.2) is 53.8 Å². The van der Waals surface area contributed by atoms with Crippen LogP contribution in [0.5, 0.6) is 0 Å². The van der Waals surface area contributed by atoms with Gasteiger partial charge in [0.1, 0.15) is 0 Å². The summed E-state index contributed by atoms with van der Waals surface area (Å²) in [5.74, 6) is 0.373. The molecule has 1 unspecified atom stereocenters. The topological polar surface area (TPSA) is 97.3 Å². The van der Waals surface area contributed by atoms with Crippen molar-refractivity contribution < 1.29 is 5.21 Å². The maximum absolute atomic E-state index is 9.57. The number of nitrogens with zero attached hydrogens (tertiary/aromatic N) is 4. The van der Waals surface area contributed by atoms with Crippen molar-refractivity contribution in [3.63, 3.8) is 0 Å². The minimum absolute atomic E-state index is 0.125. The first-order valence-corrected chi connectivity index (χ1v) is 8.52. The van der Waals surface area contributed by atoms with Gasteiger partial charge in [-0.15, -0.1) is 0 Å². The minimum Gasteiger partial charge on any atom is -0.411 e. The molecule has 0 saturated carbocycles. The lowest BCUT2D eigenvalue weighted by Gasteiger charge is -2.27. The molecule has 0 saturated heterocycles.